The van der Waals surface area contributed by atoms with Gasteiger partial charge in [-0.25, -0.2) is 14.3 Å². The third-order valence-corrected chi connectivity index (χ3v) is 3.40. The van der Waals surface area contributed by atoms with E-state index in [9.17, 15) is 4.79 Å². The quantitative estimate of drug-likeness (QED) is 0.827. The SMILES string of the molecule is Cc1c(C(=O)O)sc2nc(C(C)(C)C)nn12. The van der Waals surface area contributed by atoms with Crippen LogP contribution in [-0.2, 0) is 5.41 Å². The maximum atomic E-state index is 10.9. The molecule has 0 fully saturated rings. The van der Waals surface area contributed by atoms with Crippen molar-refractivity contribution in [2.24, 2.45) is 0 Å². The maximum Gasteiger partial charge on any atom is 0.347 e. The molecule has 0 amide bonds. The maximum absolute atomic E-state index is 10.9. The summed E-state index contributed by atoms with van der Waals surface area (Å²) in [6.45, 7) is 7.83. The summed E-state index contributed by atoms with van der Waals surface area (Å²) in [5.41, 5.74) is 0.511. The zero-order valence-electron chi connectivity index (χ0n) is 9.61. The number of hydrogen-bond donors (Lipinski definition) is 1. The molecule has 5 nitrogen and oxygen atoms in total. The highest BCUT2D eigenvalue weighted by Crippen LogP contribution is 2.25. The Labute approximate surface area is 96.7 Å². The van der Waals surface area contributed by atoms with Gasteiger partial charge in [0.1, 0.15) is 4.88 Å². The molecule has 0 atom stereocenters. The van der Waals surface area contributed by atoms with Crippen molar-refractivity contribution in [3.8, 4) is 0 Å². The zero-order chi connectivity index (χ0) is 12.1. The molecule has 0 saturated carbocycles. The molecule has 0 unspecified atom stereocenters. The van der Waals surface area contributed by atoms with E-state index in [2.05, 4.69) is 10.1 Å². The van der Waals surface area contributed by atoms with Crippen LogP contribution in [0.4, 0.5) is 0 Å². The second-order valence-corrected chi connectivity index (χ2v) is 5.68. The first-order valence-electron chi connectivity index (χ1n) is 4.90. The van der Waals surface area contributed by atoms with Crippen molar-refractivity contribution in [2.75, 3.05) is 0 Å². The summed E-state index contributed by atoms with van der Waals surface area (Å²) in [6.07, 6.45) is 0. The lowest BCUT2D eigenvalue weighted by Crippen LogP contribution is -2.14. The van der Waals surface area contributed by atoms with Gasteiger partial charge in [0.2, 0.25) is 4.96 Å². The van der Waals surface area contributed by atoms with Crippen molar-refractivity contribution < 1.29 is 9.90 Å². The number of hydrogen-bond acceptors (Lipinski definition) is 4. The van der Waals surface area contributed by atoms with Crippen LogP contribution in [0.25, 0.3) is 4.96 Å². The van der Waals surface area contributed by atoms with Crippen molar-refractivity contribution >= 4 is 22.3 Å². The molecule has 0 saturated heterocycles. The average Bonchev–Trinajstić information content (AvgIpc) is 2.64. The monoisotopic (exact) mass is 239 g/mol. The third kappa shape index (κ3) is 1.59. The number of nitrogens with zero attached hydrogens (tertiary/aromatic N) is 3. The summed E-state index contributed by atoms with van der Waals surface area (Å²) in [5.74, 6) is -0.189. The number of aromatic nitrogens is 3. The summed E-state index contributed by atoms with van der Waals surface area (Å²) in [7, 11) is 0. The second-order valence-electron chi connectivity index (χ2n) is 4.70. The van der Waals surface area contributed by atoms with Gasteiger partial charge >= 0.3 is 5.97 Å². The highest BCUT2D eigenvalue weighted by atomic mass is 32.1. The average molecular weight is 239 g/mol. The number of fused-ring (bicyclic) bond motifs is 1. The van der Waals surface area contributed by atoms with Crippen molar-refractivity contribution in [3.05, 3.63) is 16.4 Å². The van der Waals surface area contributed by atoms with E-state index in [1.165, 1.54) is 0 Å². The first-order valence-corrected chi connectivity index (χ1v) is 5.72. The van der Waals surface area contributed by atoms with Gasteiger partial charge < -0.3 is 5.11 Å². The predicted molar refractivity (Wildman–Crippen MR) is 61.3 cm³/mol. The topological polar surface area (TPSA) is 67.5 Å². The van der Waals surface area contributed by atoms with Crippen LogP contribution in [0.15, 0.2) is 0 Å². The van der Waals surface area contributed by atoms with Crippen LogP contribution in [0, 0.1) is 6.92 Å². The molecule has 2 aromatic heterocycles. The largest absolute Gasteiger partial charge is 0.477 e. The minimum Gasteiger partial charge on any atom is -0.477 e. The lowest BCUT2D eigenvalue weighted by molar-refractivity contribution is 0.0701. The molecule has 6 heteroatoms. The summed E-state index contributed by atoms with van der Waals surface area (Å²) in [4.78, 5) is 16.2. The van der Waals surface area contributed by atoms with Gasteiger partial charge in [0.05, 0.1) is 5.69 Å². The number of aryl methyl sites for hydroxylation is 1. The van der Waals surface area contributed by atoms with E-state index in [1.807, 2.05) is 20.8 Å². The van der Waals surface area contributed by atoms with Gasteiger partial charge in [0, 0.05) is 5.41 Å². The fraction of sp³-hybridized carbons (Fsp3) is 0.500. The van der Waals surface area contributed by atoms with Crippen LogP contribution in [0.1, 0.15) is 42.0 Å². The Morgan fingerprint density at radius 3 is 2.50 bits per heavy atom. The normalized spacial score (nSPS) is 12.2. The molecule has 2 rings (SSSR count). The fourth-order valence-corrected chi connectivity index (χ4v) is 2.26. The number of carbonyl (C=O) groups is 1. The van der Waals surface area contributed by atoms with E-state index >= 15 is 0 Å². The van der Waals surface area contributed by atoms with Crippen molar-refractivity contribution in [1.82, 2.24) is 14.6 Å². The van der Waals surface area contributed by atoms with Crippen molar-refractivity contribution in [2.45, 2.75) is 33.1 Å². The van der Waals surface area contributed by atoms with E-state index in [0.717, 1.165) is 17.2 Å². The highest BCUT2D eigenvalue weighted by molar-refractivity contribution is 7.18. The number of aromatic carboxylic acids is 1. The Morgan fingerprint density at radius 1 is 1.44 bits per heavy atom. The summed E-state index contributed by atoms with van der Waals surface area (Å²) in [6, 6.07) is 0. The molecule has 0 bridgehead atoms. The first-order chi connectivity index (χ1) is 7.30. The Balaban J connectivity index is 2.63. The Morgan fingerprint density at radius 2 is 2.06 bits per heavy atom. The first kappa shape index (κ1) is 11.1. The molecule has 0 radical (unpaired) electrons. The van der Waals surface area contributed by atoms with Gasteiger partial charge in [-0.2, -0.15) is 0 Å². The van der Waals surface area contributed by atoms with Gasteiger partial charge in [-0.3, -0.25) is 0 Å². The highest BCUT2D eigenvalue weighted by Gasteiger charge is 2.23. The van der Waals surface area contributed by atoms with Gasteiger partial charge in [-0.05, 0) is 6.92 Å². The van der Waals surface area contributed by atoms with E-state index in [0.29, 0.717) is 15.5 Å². The Kier molecular flexibility index (Phi) is 2.27. The van der Waals surface area contributed by atoms with Crippen LogP contribution >= 0.6 is 11.3 Å². The smallest absolute Gasteiger partial charge is 0.347 e. The third-order valence-electron chi connectivity index (χ3n) is 2.28. The Hall–Kier alpha value is -1.43. The molecule has 0 aliphatic carbocycles. The lowest BCUT2D eigenvalue weighted by Gasteiger charge is -2.11. The Bertz CT molecular complexity index is 562. The number of rotatable bonds is 1. The van der Waals surface area contributed by atoms with Crippen LogP contribution in [0.5, 0.6) is 0 Å². The molecule has 0 aliphatic heterocycles. The van der Waals surface area contributed by atoms with E-state index < -0.39 is 5.97 Å². The van der Waals surface area contributed by atoms with E-state index in [4.69, 9.17) is 5.11 Å². The predicted octanol–water partition coefficient (Wildman–Crippen LogP) is 2.09. The number of carboxylic acids is 1. The fourth-order valence-electron chi connectivity index (χ4n) is 1.36. The molecule has 0 aromatic carbocycles. The van der Waals surface area contributed by atoms with Gasteiger partial charge in [0.25, 0.3) is 0 Å². The minimum absolute atomic E-state index is 0.123. The number of carboxylic acid groups (broad SMARTS) is 1. The molecule has 2 heterocycles. The molecule has 16 heavy (non-hydrogen) atoms. The minimum atomic E-state index is -0.924. The second kappa shape index (κ2) is 3.28. The van der Waals surface area contributed by atoms with E-state index in [1.54, 1.807) is 11.4 Å². The van der Waals surface area contributed by atoms with Crippen LogP contribution in [0.2, 0.25) is 0 Å². The summed E-state index contributed by atoms with van der Waals surface area (Å²) in [5, 5.41) is 13.3. The van der Waals surface area contributed by atoms with Crippen LogP contribution < -0.4 is 0 Å². The van der Waals surface area contributed by atoms with Crippen molar-refractivity contribution in [1.29, 1.82) is 0 Å². The van der Waals surface area contributed by atoms with Gasteiger partial charge in [-0.1, -0.05) is 32.1 Å². The molecule has 1 N–H and O–H groups in total. The molecular weight excluding hydrogens is 226 g/mol. The lowest BCUT2D eigenvalue weighted by atomic mass is 9.96. The van der Waals surface area contributed by atoms with Gasteiger partial charge in [0.15, 0.2) is 5.82 Å². The number of thiazole rings is 1. The van der Waals surface area contributed by atoms with Crippen LogP contribution in [0.3, 0.4) is 0 Å². The molecular formula is C10H13N3O2S. The summed E-state index contributed by atoms with van der Waals surface area (Å²) < 4.78 is 1.61. The molecule has 0 aliphatic rings. The molecule has 2 aromatic rings. The standard InChI is InChI=1S/C10H13N3O2S/c1-5-6(7(14)15)16-9-11-8(10(2,3)4)12-13(5)9/h1-4H3,(H,14,15). The summed E-state index contributed by atoms with van der Waals surface area (Å²) >= 11 is 1.16. The zero-order valence-corrected chi connectivity index (χ0v) is 10.4. The van der Waals surface area contributed by atoms with Crippen molar-refractivity contribution in [3.63, 3.8) is 0 Å². The van der Waals surface area contributed by atoms with Gasteiger partial charge in [-0.15, -0.1) is 5.10 Å². The van der Waals surface area contributed by atoms with Crippen LogP contribution in [-0.4, -0.2) is 25.7 Å². The molecule has 86 valence electrons. The molecule has 0 spiro atoms. The van der Waals surface area contributed by atoms with E-state index in [-0.39, 0.29) is 5.41 Å².